The summed E-state index contributed by atoms with van der Waals surface area (Å²) in [7, 11) is 3.28. The highest BCUT2D eigenvalue weighted by molar-refractivity contribution is 5.94. The first-order valence-electron chi connectivity index (χ1n) is 14.6. The number of hydrogen-bond donors (Lipinski definition) is 2. The Balaban J connectivity index is 1.41. The number of nitrogens with zero attached hydrogens (tertiary/aromatic N) is 4. The van der Waals surface area contributed by atoms with E-state index < -0.39 is 6.04 Å². The number of rotatable bonds is 12. The molecule has 0 bridgehead atoms. The van der Waals surface area contributed by atoms with Crippen LogP contribution in [0.15, 0.2) is 104 Å². The van der Waals surface area contributed by atoms with Gasteiger partial charge in [0.2, 0.25) is 0 Å². The molecule has 9 heteroatoms. The highest BCUT2D eigenvalue weighted by Gasteiger charge is 2.26. The standard InChI is InChI=1S/C35H34N6O3/c1-43-28-14-13-26(32(21-28)44-2)23-41-33(15-12-24-8-4-3-5-9-24)39-40-34(41)31(38-35(42)25-16-18-36-19-17-25)20-27-22-37-30-11-7-6-10-29(27)30/h3-11,13-14,16-19,21-22,31,37H,12,15,20,23H2,1-2H3,(H,38,42)/t31-/m1/s1. The third-order valence-electron chi connectivity index (χ3n) is 7.82. The first-order valence-corrected chi connectivity index (χ1v) is 14.6. The molecule has 3 heterocycles. The number of para-hydroxylation sites is 1. The van der Waals surface area contributed by atoms with Crippen LogP contribution in [0.5, 0.6) is 11.5 Å². The summed E-state index contributed by atoms with van der Waals surface area (Å²) >= 11 is 0. The van der Waals surface area contributed by atoms with E-state index in [-0.39, 0.29) is 5.91 Å². The van der Waals surface area contributed by atoms with Gasteiger partial charge in [0.15, 0.2) is 5.82 Å². The molecule has 0 unspecified atom stereocenters. The summed E-state index contributed by atoms with van der Waals surface area (Å²) in [4.78, 5) is 21.0. The summed E-state index contributed by atoms with van der Waals surface area (Å²) in [6.07, 6.45) is 7.22. The largest absolute Gasteiger partial charge is 0.497 e. The zero-order chi connectivity index (χ0) is 30.3. The van der Waals surface area contributed by atoms with Crippen molar-refractivity contribution in [3.63, 3.8) is 0 Å². The number of fused-ring (bicyclic) bond motifs is 1. The van der Waals surface area contributed by atoms with Gasteiger partial charge in [-0.2, -0.15) is 0 Å². The number of H-pyrrole nitrogens is 1. The average molecular weight is 587 g/mol. The molecule has 2 N–H and O–H groups in total. The fourth-order valence-corrected chi connectivity index (χ4v) is 5.49. The normalized spacial score (nSPS) is 11.8. The number of ether oxygens (including phenoxy) is 2. The van der Waals surface area contributed by atoms with Crippen LogP contribution in [0, 0.1) is 0 Å². The molecule has 0 aliphatic rings. The molecule has 0 fully saturated rings. The van der Waals surface area contributed by atoms with Gasteiger partial charge in [-0.25, -0.2) is 0 Å². The molecule has 1 atom stereocenters. The highest BCUT2D eigenvalue weighted by atomic mass is 16.5. The van der Waals surface area contributed by atoms with Crippen molar-refractivity contribution in [2.45, 2.75) is 31.8 Å². The van der Waals surface area contributed by atoms with E-state index in [1.54, 1.807) is 38.7 Å². The van der Waals surface area contributed by atoms with Crippen LogP contribution in [0.2, 0.25) is 0 Å². The summed E-state index contributed by atoms with van der Waals surface area (Å²) in [5.74, 6) is 2.69. The first kappa shape index (κ1) is 28.7. The number of hydrogen-bond acceptors (Lipinski definition) is 6. The van der Waals surface area contributed by atoms with Crippen LogP contribution >= 0.6 is 0 Å². The minimum Gasteiger partial charge on any atom is -0.497 e. The maximum Gasteiger partial charge on any atom is 0.251 e. The lowest BCUT2D eigenvalue weighted by molar-refractivity contribution is 0.0934. The van der Waals surface area contributed by atoms with Gasteiger partial charge in [0.25, 0.3) is 5.91 Å². The summed E-state index contributed by atoms with van der Waals surface area (Å²) in [6.45, 7) is 0.454. The minimum absolute atomic E-state index is 0.209. The molecule has 6 rings (SSSR count). The Kier molecular flexibility index (Phi) is 8.63. The molecule has 44 heavy (non-hydrogen) atoms. The van der Waals surface area contributed by atoms with Gasteiger partial charge in [0, 0.05) is 59.5 Å². The van der Waals surface area contributed by atoms with Gasteiger partial charge in [0.1, 0.15) is 17.3 Å². The fraction of sp³-hybridized carbons (Fsp3) is 0.200. The van der Waals surface area contributed by atoms with E-state index in [1.165, 1.54) is 5.56 Å². The average Bonchev–Trinajstić information content (AvgIpc) is 3.68. The van der Waals surface area contributed by atoms with E-state index in [0.29, 0.717) is 42.3 Å². The molecule has 9 nitrogen and oxygen atoms in total. The molecule has 0 spiro atoms. The minimum atomic E-state index is -0.475. The second-order valence-electron chi connectivity index (χ2n) is 10.5. The first-order chi connectivity index (χ1) is 21.6. The molecule has 3 aromatic carbocycles. The second kappa shape index (κ2) is 13.2. The molecule has 1 amide bonds. The lowest BCUT2D eigenvalue weighted by Gasteiger charge is -2.21. The van der Waals surface area contributed by atoms with Crippen molar-refractivity contribution in [2.75, 3.05) is 14.2 Å². The summed E-state index contributed by atoms with van der Waals surface area (Å²) in [5, 5.41) is 13.8. The van der Waals surface area contributed by atoms with Crippen LogP contribution in [0.1, 0.15) is 44.7 Å². The van der Waals surface area contributed by atoms with Crippen molar-refractivity contribution in [1.29, 1.82) is 0 Å². The number of benzene rings is 3. The van der Waals surface area contributed by atoms with Crippen molar-refractivity contribution in [3.8, 4) is 11.5 Å². The van der Waals surface area contributed by atoms with Crippen LogP contribution in [0.3, 0.4) is 0 Å². The summed E-state index contributed by atoms with van der Waals surface area (Å²) in [5.41, 5.74) is 4.79. The number of methoxy groups -OCH3 is 2. The van der Waals surface area contributed by atoms with Gasteiger partial charge in [-0.1, -0.05) is 48.5 Å². The molecule has 0 aliphatic heterocycles. The molecule has 0 saturated carbocycles. The van der Waals surface area contributed by atoms with Crippen LogP contribution in [-0.2, 0) is 25.8 Å². The number of carbonyl (C=O) groups is 1. The Morgan fingerprint density at radius 3 is 2.48 bits per heavy atom. The van der Waals surface area contributed by atoms with Crippen LogP contribution in [0.25, 0.3) is 10.9 Å². The predicted molar refractivity (Wildman–Crippen MR) is 169 cm³/mol. The maximum absolute atomic E-state index is 13.5. The molecule has 6 aromatic rings. The van der Waals surface area contributed by atoms with Crippen molar-refractivity contribution in [2.24, 2.45) is 0 Å². The van der Waals surface area contributed by atoms with Crippen LogP contribution in [-0.4, -0.2) is 44.9 Å². The number of aryl methyl sites for hydroxylation is 2. The van der Waals surface area contributed by atoms with E-state index in [2.05, 4.69) is 43.1 Å². The predicted octanol–water partition coefficient (Wildman–Crippen LogP) is 5.72. The Hall–Kier alpha value is -5.44. The number of nitrogens with one attached hydrogen (secondary N) is 2. The third kappa shape index (κ3) is 6.32. The number of carbonyl (C=O) groups excluding carboxylic acids is 1. The van der Waals surface area contributed by atoms with Gasteiger partial charge in [-0.15, -0.1) is 10.2 Å². The number of amides is 1. The Morgan fingerprint density at radius 1 is 0.886 bits per heavy atom. The summed E-state index contributed by atoms with van der Waals surface area (Å²) < 4.78 is 13.3. The Labute approximate surface area is 255 Å². The smallest absolute Gasteiger partial charge is 0.251 e. The number of aromatic amines is 1. The molecule has 0 radical (unpaired) electrons. The topological polar surface area (TPSA) is 107 Å². The lowest BCUT2D eigenvalue weighted by Crippen LogP contribution is -2.32. The Bertz CT molecular complexity index is 1850. The van der Waals surface area contributed by atoms with Gasteiger partial charge in [-0.05, 0) is 47.9 Å². The van der Waals surface area contributed by atoms with Gasteiger partial charge < -0.3 is 24.3 Å². The van der Waals surface area contributed by atoms with Gasteiger partial charge >= 0.3 is 0 Å². The van der Waals surface area contributed by atoms with Gasteiger partial charge in [0.05, 0.1) is 26.8 Å². The van der Waals surface area contributed by atoms with Gasteiger partial charge in [-0.3, -0.25) is 9.78 Å². The molecule has 3 aromatic heterocycles. The lowest BCUT2D eigenvalue weighted by atomic mass is 10.0. The van der Waals surface area contributed by atoms with Crippen molar-refractivity contribution >= 4 is 16.8 Å². The molecule has 0 saturated heterocycles. The zero-order valence-electron chi connectivity index (χ0n) is 24.7. The zero-order valence-corrected chi connectivity index (χ0v) is 24.7. The fourth-order valence-electron chi connectivity index (χ4n) is 5.49. The third-order valence-corrected chi connectivity index (χ3v) is 7.82. The molecular weight excluding hydrogens is 552 g/mol. The van der Waals surface area contributed by atoms with Crippen molar-refractivity contribution < 1.29 is 14.3 Å². The van der Waals surface area contributed by atoms with Crippen LogP contribution < -0.4 is 14.8 Å². The van der Waals surface area contributed by atoms with Crippen LogP contribution in [0.4, 0.5) is 0 Å². The van der Waals surface area contributed by atoms with E-state index in [9.17, 15) is 4.79 Å². The van der Waals surface area contributed by atoms with E-state index >= 15 is 0 Å². The monoisotopic (exact) mass is 586 g/mol. The second-order valence-corrected chi connectivity index (χ2v) is 10.5. The van der Waals surface area contributed by atoms with E-state index in [0.717, 1.165) is 34.3 Å². The van der Waals surface area contributed by atoms with Crippen molar-refractivity contribution in [3.05, 3.63) is 137 Å². The molecule has 222 valence electrons. The number of pyridine rings is 1. The van der Waals surface area contributed by atoms with Crippen molar-refractivity contribution in [1.82, 2.24) is 30.0 Å². The quantitative estimate of drug-likeness (QED) is 0.190. The highest BCUT2D eigenvalue weighted by Crippen LogP contribution is 2.29. The maximum atomic E-state index is 13.5. The SMILES string of the molecule is COc1ccc(Cn2c(CCc3ccccc3)nnc2[C@@H](Cc2c[nH]c3ccccc23)NC(=O)c2ccncc2)c(OC)c1. The van der Waals surface area contributed by atoms with E-state index in [1.807, 2.05) is 60.8 Å². The molecular formula is C35H34N6O3. The summed E-state index contributed by atoms with van der Waals surface area (Å²) in [6, 6.07) is 27.2. The number of aromatic nitrogens is 5. The molecule has 0 aliphatic carbocycles. The van der Waals surface area contributed by atoms with E-state index in [4.69, 9.17) is 14.6 Å². The Morgan fingerprint density at radius 2 is 1.68 bits per heavy atom.